The number of primary amides is 1. The summed E-state index contributed by atoms with van der Waals surface area (Å²) in [7, 11) is -4.01. The molecule has 0 aliphatic heterocycles. The van der Waals surface area contributed by atoms with Gasteiger partial charge in [-0.1, -0.05) is 26.0 Å². The highest BCUT2D eigenvalue weighted by atomic mass is 32.2. The summed E-state index contributed by atoms with van der Waals surface area (Å²) in [5.41, 5.74) is 7.15. The van der Waals surface area contributed by atoms with Gasteiger partial charge in [0.15, 0.2) is 0 Å². The second-order valence-electron chi connectivity index (χ2n) is 6.43. The minimum absolute atomic E-state index is 0.00853. The van der Waals surface area contributed by atoms with Crippen molar-refractivity contribution < 1.29 is 18.0 Å². The molecule has 0 fully saturated rings. The van der Waals surface area contributed by atoms with Crippen molar-refractivity contribution in [1.29, 1.82) is 0 Å². The zero-order valence-electron chi connectivity index (χ0n) is 15.5. The molecule has 0 unspecified atom stereocenters. The van der Waals surface area contributed by atoms with Crippen molar-refractivity contribution in [2.24, 2.45) is 5.73 Å². The van der Waals surface area contributed by atoms with Gasteiger partial charge in [-0.05, 0) is 47.9 Å². The molecule has 2 aromatic carbocycles. The van der Waals surface area contributed by atoms with E-state index in [4.69, 9.17) is 5.73 Å². The van der Waals surface area contributed by atoms with E-state index in [1.807, 2.05) is 26.0 Å². The lowest BCUT2D eigenvalue weighted by atomic mass is 10.0. The summed E-state index contributed by atoms with van der Waals surface area (Å²) >= 11 is 0. The molecular formula is C19H23N3O4S. The maximum absolute atomic E-state index is 13.1. The Labute approximate surface area is 159 Å². The van der Waals surface area contributed by atoms with Gasteiger partial charge >= 0.3 is 0 Å². The fourth-order valence-electron chi connectivity index (χ4n) is 2.52. The molecule has 0 aliphatic rings. The van der Waals surface area contributed by atoms with Gasteiger partial charge in [-0.25, -0.2) is 8.42 Å². The fourth-order valence-corrected chi connectivity index (χ4v) is 3.95. The first-order valence-electron chi connectivity index (χ1n) is 8.40. The highest BCUT2D eigenvalue weighted by Gasteiger charge is 2.26. The number of anilines is 2. The van der Waals surface area contributed by atoms with Crippen LogP contribution in [0.2, 0.25) is 0 Å². The Morgan fingerprint density at radius 1 is 1.04 bits per heavy atom. The topological polar surface area (TPSA) is 110 Å². The predicted molar refractivity (Wildman–Crippen MR) is 105 cm³/mol. The number of hydrogen-bond acceptors (Lipinski definition) is 4. The molecule has 144 valence electrons. The van der Waals surface area contributed by atoms with Crippen molar-refractivity contribution >= 4 is 33.2 Å². The minimum Gasteiger partial charge on any atom is -0.368 e. The Kier molecular flexibility index (Phi) is 6.22. The number of benzene rings is 2. The van der Waals surface area contributed by atoms with Crippen molar-refractivity contribution in [2.75, 3.05) is 16.2 Å². The van der Waals surface area contributed by atoms with Crippen LogP contribution in [0.1, 0.15) is 32.3 Å². The first-order chi connectivity index (χ1) is 12.6. The van der Waals surface area contributed by atoms with E-state index in [9.17, 15) is 18.0 Å². The SMILES string of the molecule is CC(=O)Nc1ccc(S(=O)(=O)N(CC(N)=O)c2ccc(C(C)C)cc2)cc1. The summed E-state index contributed by atoms with van der Waals surface area (Å²) in [4.78, 5) is 22.6. The third-order valence-electron chi connectivity index (χ3n) is 3.91. The summed E-state index contributed by atoms with van der Waals surface area (Å²) in [6.07, 6.45) is 0. The van der Waals surface area contributed by atoms with Crippen molar-refractivity contribution in [1.82, 2.24) is 0 Å². The summed E-state index contributed by atoms with van der Waals surface area (Å²) < 4.78 is 27.1. The average molecular weight is 389 g/mol. The molecule has 2 aromatic rings. The number of nitrogens with zero attached hydrogens (tertiary/aromatic N) is 1. The molecule has 2 amide bonds. The lowest BCUT2D eigenvalue weighted by Gasteiger charge is -2.23. The van der Waals surface area contributed by atoms with E-state index in [1.165, 1.54) is 31.2 Å². The average Bonchev–Trinajstić information content (AvgIpc) is 2.59. The van der Waals surface area contributed by atoms with Crippen LogP contribution in [-0.4, -0.2) is 26.8 Å². The van der Waals surface area contributed by atoms with Gasteiger partial charge in [0.2, 0.25) is 11.8 Å². The zero-order valence-corrected chi connectivity index (χ0v) is 16.3. The van der Waals surface area contributed by atoms with Crippen LogP contribution in [0.5, 0.6) is 0 Å². The van der Waals surface area contributed by atoms with Gasteiger partial charge in [0.1, 0.15) is 6.54 Å². The molecule has 0 heterocycles. The van der Waals surface area contributed by atoms with Gasteiger partial charge in [-0.3, -0.25) is 13.9 Å². The van der Waals surface area contributed by atoms with Crippen molar-refractivity contribution in [3.63, 3.8) is 0 Å². The highest BCUT2D eigenvalue weighted by molar-refractivity contribution is 7.92. The van der Waals surface area contributed by atoms with Gasteiger partial charge in [-0.15, -0.1) is 0 Å². The van der Waals surface area contributed by atoms with Crippen LogP contribution in [-0.2, 0) is 19.6 Å². The number of amides is 2. The third kappa shape index (κ3) is 5.07. The van der Waals surface area contributed by atoms with Gasteiger partial charge in [0.25, 0.3) is 10.0 Å². The fraction of sp³-hybridized carbons (Fsp3) is 0.263. The number of hydrogen-bond donors (Lipinski definition) is 2. The molecule has 0 spiro atoms. The van der Waals surface area contributed by atoms with Crippen LogP contribution in [0.4, 0.5) is 11.4 Å². The number of rotatable bonds is 7. The number of nitrogens with one attached hydrogen (secondary N) is 1. The Morgan fingerprint density at radius 3 is 2.04 bits per heavy atom. The Balaban J connectivity index is 2.41. The molecule has 2 rings (SSSR count). The molecule has 0 aromatic heterocycles. The summed E-state index contributed by atoms with van der Waals surface area (Å²) in [6.45, 7) is 4.95. The second kappa shape index (κ2) is 8.22. The molecule has 0 aliphatic carbocycles. The molecule has 0 saturated carbocycles. The largest absolute Gasteiger partial charge is 0.368 e. The van der Waals surface area contributed by atoms with Crippen LogP contribution >= 0.6 is 0 Å². The monoisotopic (exact) mass is 389 g/mol. The van der Waals surface area contributed by atoms with Gasteiger partial charge in [-0.2, -0.15) is 0 Å². The van der Waals surface area contributed by atoms with Crippen LogP contribution in [0.25, 0.3) is 0 Å². The maximum Gasteiger partial charge on any atom is 0.264 e. The molecule has 27 heavy (non-hydrogen) atoms. The molecule has 0 radical (unpaired) electrons. The molecule has 0 bridgehead atoms. The zero-order chi connectivity index (χ0) is 20.2. The number of carbonyl (C=O) groups excluding carboxylic acids is 2. The standard InChI is InChI=1S/C19H23N3O4S/c1-13(2)15-4-8-17(9-5-15)22(12-19(20)24)27(25,26)18-10-6-16(7-11-18)21-14(3)23/h4-11,13H,12H2,1-3H3,(H2,20,24)(H,21,23). The molecule has 0 atom stereocenters. The first kappa shape index (κ1) is 20.4. The number of sulfonamides is 1. The van der Waals surface area contributed by atoms with Crippen molar-refractivity contribution in [2.45, 2.75) is 31.6 Å². The van der Waals surface area contributed by atoms with Crippen LogP contribution < -0.4 is 15.4 Å². The number of nitrogens with two attached hydrogens (primary N) is 1. The Bertz CT molecular complexity index is 920. The lowest BCUT2D eigenvalue weighted by Crippen LogP contribution is -2.38. The molecular weight excluding hydrogens is 366 g/mol. The first-order valence-corrected chi connectivity index (χ1v) is 9.84. The maximum atomic E-state index is 13.1. The second-order valence-corrected chi connectivity index (χ2v) is 8.29. The van der Waals surface area contributed by atoms with E-state index in [0.717, 1.165) is 9.87 Å². The predicted octanol–water partition coefficient (Wildman–Crippen LogP) is 2.45. The highest BCUT2D eigenvalue weighted by Crippen LogP contribution is 2.26. The summed E-state index contributed by atoms with van der Waals surface area (Å²) in [5, 5.41) is 2.57. The van der Waals surface area contributed by atoms with Crippen LogP contribution in [0, 0.1) is 0 Å². The van der Waals surface area contributed by atoms with Crippen molar-refractivity contribution in [3.05, 3.63) is 54.1 Å². The molecule has 8 heteroatoms. The Morgan fingerprint density at radius 2 is 1.59 bits per heavy atom. The smallest absolute Gasteiger partial charge is 0.264 e. The third-order valence-corrected chi connectivity index (χ3v) is 5.70. The Hall–Kier alpha value is -2.87. The van der Waals surface area contributed by atoms with Gasteiger partial charge < -0.3 is 11.1 Å². The molecule has 3 N–H and O–H groups in total. The van der Waals surface area contributed by atoms with E-state index in [-0.39, 0.29) is 10.8 Å². The lowest BCUT2D eigenvalue weighted by molar-refractivity contribution is -0.116. The van der Waals surface area contributed by atoms with E-state index in [1.54, 1.807) is 12.1 Å². The van der Waals surface area contributed by atoms with Crippen molar-refractivity contribution in [3.8, 4) is 0 Å². The molecule has 0 saturated heterocycles. The van der Waals surface area contributed by atoms with E-state index >= 15 is 0 Å². The van der Waals surface area contributed by atoms with E-state index < -0.39 is 22.5 Å². The normalized spacial score (nSPS) is 11.3. The van der Waals surface area contributed by atoms with E-state index in [0.29, 0.717) is 17.3 Å². The summed E-state index contributed by atoms with van der Waals surface area (Å²) in [5.74, 6) is -0.728. The number of carbonyl (C=O) groups is 2. The van der Waals surface area contributed by atoms with Crippen LogP contribution in [0.15, 0.2) is 53.4 Å². The van der Waals surface area contributed by atoms with Gasteiger partial charge in [0.05, 0.1) is 10.6 Å². The van der Waals surface area contributed by atoms with E-state index in [2.05, 4.69) is 5.32 Å². The molecule has 7 nitrogen and oxygen atoms in total. The van der Waals surface area contributed by atoms with Crippen LogP contribution in [0.3, 0.4) is 0 Å². The summed E-state index contributed by atoms with van der Waals surface area (Å²) in [6, 6.07) is 12.7. The quantitative estimate of drug-likeness (QED) is 0.758. The van der Waals surface area contributed by atoms with Gasteiger partial charge in [0, 0.05) is 12.6 Å². The minimum atomic E-state index is -4.01.